The van der Waals surface area contributed by atoms with Gasteiger partial charge in [-0.3, -0.25) is 9.59 Å². The van der Waals surface area contributed by atoms with Gasteiger partial charge in [-0.1, -0.05) is 0 Å². The highest BCUT2D eigenvalue weighted by Crippen LogP contribution is 1.99. The molecule has 92 valence electrons. The molecule has 2 N–H and O–H groups in total. The lowest BCUT2D eigenvalue weighted by molar-refractivity contribution is -0.142. The minimum absolute atomic E-state index is 0.0557. The highest BCUT2D eigenvalue weighted by Gasteiger charge is 2.21. The normalized spacial score (nSPS) is 18.1. The fourth-order valence-electron chi connectivity index (χ4n) is 1.54. The summed E-state index contributed by atoms with van der Waals surface area (Å²) in [5.41, 5.74) is 5.45. The Hall–Kier alpha value is -1.14. The van der Waals surface area contributed by atoms with Gasteiger partial charge in [0.15, 0.2) is 0 Å². The van der Waals surface area contributed by atoms with E-state index in [1.807, 2.05) is 0 Å². The summed E-state index contributed by atoms with van der Waals surface area (Å²) in [6, 6.07) is -0.567. The number of amides is 2. The van der Waals surface area contributed by atoms with Gasteiger partial charge in [0, 0.05) is 20.1 Å². The van der Waals surface area contributed by atoms with Gasteiger partial charge < -0.3 is 20.3 Å². The second-order valence-electron chi connectivity index (χ2n) is 3.98. The van der Waals surface area contributed by atoms with Gasteiger partial charge in [0.05, 0.1) is 25.8 Å². The van der Waals surface area contributed by atoms with E-state index >= 15 is 0 Å². The van der Waals surface area contributed by atoms with Crippen LogP contribution < -0.4 is 5.73 Å². The van der Waals surface area contributed by atoms with Crippen LogP contribution in [0.3, 0.4) is 0 Å². The van der Waals surface area contributed by atoms with Crippen LogP contribution in [0.15, 0.2) is 0 Å². The van der Waals surface area contributed by atoms with E-state index in [2.05, 4.69) is 0 Å². The fraction of sp³-hybridized carbons (Fsp3) is 0.800. The van der Waals surface area contributed by atoms with Crippen LogP contribution in [0.25, 0.3) is 0 Å². The molecule has 0 radical (unpaired) electrons. The lowest BCUT2D eigenvalue weighted by atomic mass is 10.3. The summed E-state index contributed by atoms with van der Waals surface area (Å²) < 4.78 is 5.15. The van der Waals surface area contributed by atoms with Gasteiger partial charge >= 0.3 is 0 Å². The van der Waals surface area contributed by atoms with E-state index in [-0.39, 0.29) is 18.4 Å². The van der Waals surface area contributed by atoms with Crippen molar-refractivity contribution >= 4 is 11.8 Å². The number of carbonyl (C=O) groups is 2. The molecule has 0 aromatic rings. The number of carbonyl (C=O) groups excluding carboxylic acids is 2. The number of hydrogen-bond acceptors (Lipinski definition) is 4. The average Bonchev–Trinajstić information content (AvgIpc) is 2.28. The molecule has 16 heavy (non-hydrogen) atoms. The fourth-order valence-corrected chi connectivity index (χ4v) is 1.54. The van der Waals surface area contributed by atoms with Crippen LogP contribution in [0.2, 0.25) is 0 Å². The second kappa shape index (κ2) is 5.81. The Balaban J connectivity index is 2.40. The zero-order valence-electron chi connectivity index (χ0n) is 9.81. The van der Waals surface area contributed by atoms with Crippen LogP contribution in [0.1, 0.15) is 6.92 Å². The molecule has 1 fully saturated rings. The Labute approximate surface area is 95.3 Å². The van der Waals surface area contributed by atoms with Crippen LogP contribution >= 0.6 is 0 Å². The number of rotatable bonds is 3. The molecule has 1 heterocycles. The summed E-state index contributed by atoms with van der Waals surface area (Å²) in [6.45, 7) is 4.02. The first-order valence-electron chi connectivity index (χ1n) is 5.38. The van der Waals surface area contributed by atoms with Crippen LogP contribution in [-0.4, -0.2) is 67.6 Å². The molecule has 1 rings (SSSR count). The molecule has 0 spiro atoms. The topological polar surface area (TPSA) is 75.9 Å². The first kappa shape index (κ1) is 12.9. The Morgan fingerprint density at radius 3 is 2.50 bits per heavy atom. The molecule has 0 saturated carbocycles. The third kappa shape index (κ3) is 3.46. The molecule has 1 atom stereocenters. The molecule has 0 unspecified atom stereocenters. The maximum absolute atomic E-state index is 11.8. The van der Waals surface area contributed by atoms with Crippen molar-refractivity contribution in [1.82, 2.24) is 9.80 Å². The van der Waals surface area contributed by atoms with Crippen LogP contribution in [0.4, 0.5) is 0 Å². The highest BCUT2D eigenvalue weighted by molar-refractivity contribution is 5.87. The van der Waals surface area contributed by atoms with Crippen molar-refractivity contribution in [2.75, 3.05) is 39.9 Å². The predicted octanol–water partition coefficient (Wildman–Crippen LogP) is -1.35. The van der Waals surface area contributed by atoms with Gasteiger partial charge in [-0.2, -0.15) is 0 Å². The number of nitrogens with two attached hydrogens (primary N) is 1. The summed E-state index contributed by atoms with van der Waals surface area (Å²) in [6.07, 6.45) is 0. The van der Waals surface area contributed by atoms with Crippen molar-refractivity contribution in [3.8, 4) is 0 Å². The standard InChI is InChI=1S/C10H19N3O3/c1-8(11)10(15)12(2)7-9(14)13-3-5-16-6-4-13/h8H,3-7,11H2,1-2H3/t8-/m1/s1. The Kier molecular flexibility index (Phi) is 4.70. The Morgan fingerprint density at radius 2 is 2.00 bits per heavy atom. The molecule has 0 aliphatic carbocycles. The molecule has 6 nitrogen and oxygen atoms in total. The van der Waals surface area contributed by atoms with E-state index in [1.54, 1.807) is 18.9 Å². The second-order valence-corrected chi connectivity index (χ2v) is 3.98. The maximum atomic E-state index is 11.8. The van der Waals surface area contributed by atoms with Crippen molar-refractivity contribution in [1.29, 1.82) is 0 Å². The minimum Gasteiger partial charge on any atom is -0.378 e. The maximum Gasteiger partial charge on any atom is 0.242 e. The number of likely N-dealkylation sites (N-methyl/N-ethyl adjacent to an activating group) is 1. The lowest BCUT2D eigenvalue weighted by Gasteiger charge is -2.29. The van der Waals surface area contributed by atoms with Crippen molar-refractivity contribution in [2.45, 2.75) is 13.0 Å². The largest absolute Gasteiger partial charge is 0.378 e. The summed E-state index contributed by atoms with van der Waals surface area (Å²) >= 11 is 0. The molecule has 1 aliphatic heterocycles. The van der Waals surface area contributed by atoms with E-state index in [4.69, 9.17) is 10.5 Å². The van der Waals surface area contributed by atoms with Crippen molar-refractivity contribution < 1.29 is 14.3 Å². The SMILES string of the molecule is C[C@@H](N)C(=O)N(C)CC(=O)N1CCOCC1. The Bertz CT molecular complexity index is 262. The predicted molar refractivity (Wildman–Crippen MR) is 58.7 cm³/mol. The molecule has 2 amide bonds. The van der Waals surface area contributed by atoms with Crippen molar-refractivity contribution in [2.24, 2.45) is 5.73 Å². The quantitative estimate of drug-likeness (QED) is 0.649. The van der Waals surface area contributed by atoms with Gasteiger partial charge in [-0.15, -0.1) is 0 Å². The molecule has 0 bridgehead atoms. The zero-order chi connectivity index (χ0) is 12.1. The van der Waals surface area contributed by atoms with Crippen molar-refractivity contribution in [3.63, 3.8) is 0 Å². The number of nitrogens with zero attached hydrogens (tertiary/aromatic N) is 2. The summed E-state index contributed by atoms with van der Waals surface area (Å²) in [4.78, 5) is 26.3. The molecule has 1 saturated heterocycles. The van der Waals surface area contributed by atoms with Crippen molar-refractivity contribution in [3.05, 3.63) is 0 Å². The van der Waals surface area contributed by atoms with Gasteiger partial charge in [-0.25, -0.2) is 0 Å². The third-order valence-corrected chi connectivity index (χ3v) is 2.50. The summed E-state index contributed by atoms with van der Waals surface area (Å²) in [5.74, 6) is -0.276. The van der Waals surface area contributed by atoms with E-state index in [0.717, 1.165) is 0 Å². The molecule has 1 aliphatic rings. The van der Waals surface area contributed by atoms with Gasteiger partial charge in [0.25, 0.3) is 0 Å². The van der Waals surface area contributed by atoms with Gasteiger partial charge in [0.2, 0.25) is 11.8 Å². The summed E-state index contributed by atoms with van der Waals surface area (Å²) in [7, 11) is 1.59. The number of hydrogen-bond donors (Lipinski definition) is 1. The average molecular weight is 229 g/mol. The van der Waals surface area contributed by atoms with Gasteiger partial charge in [-0.05, 0) is 6.92 Å². The first-order valence-corrected chi connectivity index (χ1v) is 5.38. The third-order valence-electron chi connectivity index (χ3n) is 2.50. The highest BCUT2D eigenvalue weighted by atomic mass is 16.5. The molecular formula is C10H19N3O3. The molecule has 0 aromatic carbocycles. The molecule has 0 aromatic heterocycles. The van der Waals surface area contributed by atoms with Crippen LogP contribution in [0, 0.1) is 0 Å². The van der Waals surface area contributed by atoms with E-state index in [0.29, 0.717) is 26.3 Å². The number of morpholine rings is 1. The lowest BCUT2D eigenvalue weighted by Crippen LogP contribution is -2.48. The number of ether oxygens (including phenoxy) is 1. The van der Waals surface area contributed by atoms with Crippen LogP contribution in [0.5, 0.6) is 0 Å². The molecular weight excluding hydrogens is 210 g/mol. The smallest absolute Gasteiger partial charge is 0.242 e. The van der Waals surface area contributed by atoms with Crippen LogP contribution in [-0.2, 0) is 14.3 Å². The van der Waals surface area contributed by atoms with E-state index in [9.17, 15) is 9.59 Å². The zero-order valence-corrected chi connectivity index (χ0v) is 9.81. The summed E-state index contributed by atoms with van der Waals surface area (Å²) in [5, 5.41) is 0. The minimum atomic E-state index is -0.567. The van der Waals surface area contributed by atoms with E-state index < -0.39 is 6.04 Å². The molecule has 6 heteroatoms. The first-order chi connectivity index (χ1) is 7.52. The monoisotopic (exact) mass is 229 g/mol. The Morgan fingerprint density at radius 1 is 1.44 bits per heavy atom. The van der Waals surface area contributed by atoms with E-state index in [1.165, 1.54) is 4.90 Å². The van der Waals surface area contributed by atoms with Gasteiger partial charge in [0.1, 0.15) is 0 Å².